The first kappa shape index (κ1) is 37.0. The zero-order chi connectivity index (χ0) is 36.8. The third-order valence-corrected chi connectivity index (χ3v) is 10.5. The van der Waals surface area contributed by atoms with Gasteiger partial charge in [0.1, 0.15) is 10.6 Å². The Morgan fingerprint density at radius 1 is 0.808 bits per heavy atom. The van der Waals surface area contributed by atoms with Crippen LogP contribution < -0.4 is 10.6 Å². The fourth-order valence-electron chi connectivity index (χ4n) is 6.57. The highest BCUT2D eigenvalue weighted by Crippen LogP contribution is 2.39. The minimum atomic E-state index is -0.545. The highest BCUT2D eigenvalue weighted by atomic mass is 32.1. The second-order valence-corrected chi connectivity index (χ2v) is 15.7. The number of thiophene rings is 1. The van der Waals surface area contributed by atoms with E-state index < -0.39 is 5.60 Å². The van der Waals surface area contributed by atoms with E-state index in [0.29, 0.717) is 40.0 Å². The van der Waals surface area contributed by atoms with E-state index in [9.17, 15) is 19.2 Å². The molecule has 4 aromatic rings. The molecule has 1 fully saturated rings. The van der Waals surface area contributed by atoms with Crippen LogP contribution in [-0.4, -0.2) is 54.0 Å². The number of rotatable bonds is 13. The Balaban J connectivity index is 1.11. The quantitative estimate of drug-likeness (QED) is 0.135. The Kier molecular flexibility index (Phi) is 11.6. The van der Waals surface area contributed by atoms with Gasteiger partial charge in [-0.05, 0) is 131 Å². The Morgan fingerprint density at radius 3 is 2.13 bits per heavy atom. The molecule has 3 aromatic carbocycles. The van der Waals surface area contributed by atoms with Crippen LogP contribution in [0.2, 0.25) is 0 Å². The van der Waals surface area contributed by atoms with Gasteiger partial charge >= 0.3 is 11.9 Å². The second-order valence-electron chi connectivity index (χ2n) is 14.6. The number of carbonyl (C=O) groups excluding carboxylic acids is 4. The molecule has 2 N–H and O–H groups in total. The van der Waals surface area contributed by atoms with Gasteiger partial charge in [-0.15, -0.1) is 11.3 Å². The summed E-state index contributed by atoms with van der Waals surface area (Å²) in [6, 6.07) is 23.1. The molecule has 0 unspecified atom stereocenters. The second kappa shape index (κ2) is 16.3. The van der Waals surface area contributed by atoms with E-state index in [2.05, 4.69) is 15.5 Å². The molecular formula is C42H47N3O6S. The van der Waals surface area contributed by atoms with Crippen molar-refractivity contribution >= 4 is 45.8 Å². The van der Waals surface area contributed by atoms with Gasteiger partial charge < -0.3 is 20.1 Å². The highest BCUT2D eigenvalue weighted by Gasteiger charge is 2.32. The summed E-state index contributed by atoms with van der Waals surface area (Å²) < 4.78 is 10.3. The molecule has 9 nitrogen and oxygen atoms in total. The van der Waals surface area contributed by atoms with Gasteiger partial charge in [0, 0.05) is 28.7 Å². The average molecular weight is 722 g/mol. The summed E-state index contributed by atoms with van der Waals surface area (Å²) >= 11 is 1.49. The topological polar surface area (TPSA) is 114 Å². The lowest BCUT2D eigenvalue weighted by Gasteiger charge is -2.25. The molecule has 2 amide bonds. The maximum Gasteiger partial charge on any atom is 0.337 e. The van der Waals surface area contributed by atoms with Crippen molar-refractivity contribution in [3.8, 4) is 0 Å². The molecule has 0 atom stereocenters. The fourth-order valence-corrected chi connectivity index (χ4v) is 7.85. The first-order chi connectivity index (χ1) is 25.0. The fraction of sp³-hybridized carbons (Fsp3) is 0.381. The van der Waals surface area contributed by atoms with Crippen LogP contribution in [0, 0.1) is 0 Å². The smallest absolute Gasteiger partial charge is 0.337 e. The standard InChI is InChI=1S/C42H47N3O6S/c1-42(2,3)51-36(46)26-45(33-22-23-33)25-29-8-7-9-31(24-29)38(47)44-40-37(34-10-5-6-11-35(34)52-40)39(48)43-32-20-16-28(17-21-32)13-12-27-14-18-30(19-15-27)41(49)50-4/h7-9,14-21,24,33H,5-6,10-13,22-23,25-26H2,1-4H3,(H,43,48)(H,44,47). The molecule has 52 heavy (non-hydrogen) atoms. The molecule has 10 heteroatoms. The number of hydrogen-bond acceptors (Lipinski definition) is 8. The maximum atomic E-state index is 13.9. The number of nitrogens with one attached hydrogen (secondary N) is 2. The monoisotopic (exact) mass is 721 g/mol. The normalized spacial score (nSPS) is 14.0. The first-order valence-electron chi connectivity index (χ1n) is 18.0. The van der Waals surface area contributed by atoms with Gasteiger partial charge in [0.25, 0.3) is 11.8 Å². The maximum absolute atomic E-state index is 13.9. The molecule has 0 radical (unpaired) electrons. The van der Waals surface area contributed by atoms with Crippen molar-refractivity contribution in [2.45, 2.75) is 90.3 Å². The highest BCUT2D eigenvalue weighted by molar-refractivity contribution is 7.17. The van der Waals surface area contributed by atoms with Crippen molar-refractivity contribution in [2.24, 2.45) is 0 Å². The number of carbonyl (C=O) groups is 4. The van der Waals surface area contributed by atoms with Gasteiger partial charge in [0.15, 0.2) is 0 Å². The minimum absolute atomic E-state index is 0.203. The van der Waals surface area contributed by atoms with E-state index in [0.717, 1.165) is 78.5 Å². The largest absolute Gasteiger partial charge is 0.465 e. The van der Waals surface area contributed by atoms with Crippen LogP contribution in [0.5, 0.6) is 0 Å². The van der Waals surface area contributed by atoms with Crippen molar-refractivity contribution in [2.75, 3.05) is 24.3 Å². The van der Waals surface area contributed by atoms with Gasteiger partial charge in [0.05, 0.1) is 24.8 Å². The average Bonchev–Trinajstić information content (AvgIpc) is 3.91. The molecule has 0 spiro atoms. The van der Waals surface area contributed by atoms with Gasteiger partial charge in [0.2, 0.25) is 0 Å². The predicted octanol–water partition coefficient (Wildman–Crippen LogP) is 8.01. The molecule has 1 saturated carbocycles. The number of hydrogen-bond donors (Lipinski definition) is 2. The van der Waals surface area contributed by atoms with E-state index in [1.165, 1.54) is 18.4 Å². The SMILES string of the molecule is COC(=O)c1ccc(CCc2ccc(NC(=O)c3c(NC(=O)c4cccc(CN(CC(=O)OC(C)(C)C)C5CC5)c4)sc4c3CCCC4)cc2)cc1. The van der Waals surface area contributed by atoms with Crippen molar-refractivity contribution in [3.05, 3.63) is 117 Å². The Hall–Kier alpha value is -4.80. The molecular weight excluding hydrogens is 675 g/mol. The molecule has 0 aliphatic heterocycles. The van der Waals surface area contributed by atoms with Crippen LogP contribution in [-0.2, 0) is 46.5 Å². The van der Waals surface area contributed by atoms with E-state index in [4.69, 9.17) is 9.47 Å². The molecule has 6 rings (SSSR count). The predicted molar refractivity (Wildman–Crippen MR) is 204 cm³/mol. The number of ether oxygens (including phenoxy) is 2. The van der Waals surface area contributed by atoms with Crippen LogP contribution in [0.25, 0.3) is 0 Å². The Bertz CT molecular complexity index is 1920. The number of amides is 2. The number of aryl methyl sites for hydroxylation is 3. The Morgan fingerprint density at radius 2 is 1.48 bits per heavy atom. The lowest BCUT2D eigenvalue weighted by molar-refractivity contribution is -0.156. The van der Waals surface area contributed by atoms with Crippen LogP contribution in [0.4, 0.5) is 10.7 Å². The van der Waals surface area contributed by atoms with E-state index in [1.807, 2.05) is 75.4 Å². The van der Waals surface area contributed by atoms with Crippen molar-refractivity contribution < 1.29 is 28.7 Å². The zero-order valence-electron chi connectivity index (χ0n) is 30.4. The van der Waals surface area contributed by atoms with Crippen LogP contribution in [0.15, 0.2) is 72.8 Å². The van der Waals surface area contributed by atoms with Crippen molar-refractivity contribution in [1.29, 1.82) is 0 Å². The summed E-state index contributed by atoms with van der Waals surface area (Å²) in [5.41, 5.74) is 5.91. The first-order valence-corrected chi connectivity index (χ1v) is 18.9. The van der Waals surface area contributed by atoms with E-state index in [-0.39, 0.29) is 30.3 Å². The number of fused-ring (bicyclic) bond motifs is 1. The van der Waals surface area contributed by atoms with E-state index >= 15 is 0 Å². The number of nitrogens with zero attached hydrogens (tertiary/aromatic N) is 1. The number of methoxy groups -OCH3 is 1. The molecule has 2 aliphatic carbocycles. The molecule has 0 bridgehead atoms. The van der Waals surface area contributed by atoms with Crippen LogP contribution in [0.3, 0.4) is 0 Å². The number of benzene rings is 3. The van der Waals surface area contributed by atoms with Gasteiger partial charge in [-0.3, -0.25) is 19.3 Å². The van der Waals surface area contributed by atoms with E-state index in [1.54, 1.807) is 18.2 Å². The molecule has 0 saturated heterocycles. The third kappa shape index (κ3) is 9.74. The van der Waals surface area contributed by atoms with Gasteiger partial charge in [-0.2, -0.15) is 0 Å². The lowest BCUT2D eigenvalue weighted by Crippen LogP contribution is -2.36. The summed E-state index contributed by atoms with van der Waals surface area (Å²) in [7, 11) is 1.37. The molecule has 1 aromatic heterocycles. The van der Waals surface area contributed by atoms with Crippen LogP contribution >= 0.6 is 11.3 Å². The summed E-state index contributed by atoms with van der Waals surface area (Å²) in [5.74, 6) is -1.11. The van der Waals surface area contributed by atoms with Crippen molar-refractivity contribution in [1.82, 2.24) is 4.90 Å². The summed E-state index contributed by atoms with van der Waals surface area (Å²) in [5, 5.41) is 6.73. The number of anilines is 2. The Labute approximate surface area is 309 Å². The summed E-state index contributed by atoms with van der Waals surface area (Å²) in [4.78, 5) is 55.2. The lowest BCUT2D eigenvalue weighted by atomic mass is 9.95. The summed E-state index contributed by atoms with van der Waals surface area (Å²) in [6.45, 7) is 6.34. The van der Waals surface area contributed by atoms with Crippen LogP contribution in [0.1, 0.15) is 105 Å². The number of esters is 2. The molecule has 2 aliphatic rings. The zero-order valence-corrected chi connectivity index (χ0v) is 31.2. The third-order valence-electron chi connectivity index (χ3n) is 9.30. The minimum Gasteiger partial charge on any atom is -0.465 e. The van der Waals surface area contributed by atoms with Gasteiger partial charge in [-0.25, -0.2) is 4.79 Å². The molecule has 1 heterocycles. The summed E-state index contributed by atoms with van der Waals surface area (Å²) in [6.07, 6.45) is 7.44. The van der Waals surface area contributed by atoms with Gasteiger partial charge in [-0.1, -0.05) is 36.4 Å². The molecule has 272 valence electrons. The van der Waals surface area contributed by atoms with Crippen molar-refractivity contribution in [3.63, 3.8) is 0 Å².